The van der Waals surface area contributed by atoms with Gasteiger partial charge in [-0.2, -0.15) is 10.2 Å². The van der Waals surface area contributed by atoms with Gasteiger partial charge >= 0.3 is 0 Å². The number of fused-ring (bicyclic) bond motifs is 1. The summed E-state index contributed by atoms with van der Waals surface area (Å²) in [5.41, 5.74) is 2.13. The molecule has 4 aromatic rings. The van der Waals surface area contributed by atoms with Gasteiger partial charge in [-0.25, -0.2) is 9.36 Å². The summed E-state index contributed by atoms with van der Waals surface area (Å²) < 4.78 is 7.93. The quantitative estimate of drug-likeness (QED) is 0.520. The van der Waals surface area contributed by atoms with Crippen LogP contribution in [0.15, 0.2) is 65.6 Å². The van der Waals surface area contributed by atoms with Gasteiger partial charge in [0, 0.05) is 11.1 Å². The number of rotatable bonds is 6. The van der Waals surface area contributed by atoms with Crippen LogP contribution in [-0.2, 0) is 11.3 Å². The maximum absolute atomic E-state index is 13.3. The number of nitrogens with zero attached hydrogens (tertiary/aromatic N) is 4. The van der Waals surface area contributed by atoms with Gasteiger partial charge in [-0.3, -0.25) is 9.59 Å². The van der Waals surface area contributed by atoms with Crippen LogP contribution in [0.5, 0.6) is 5.75 Å². The summed E-state index contributed by atoms with van der Waals surface area (Å²) in [6, 6.07) is 16.4. The highest BCUT2D eigenvalue weighted by Gasteiger charge is 2.20. The number of carbonyl (C=O) groups excluding carboxylic acids is 1. The van der Waals surface area contributed by atoms with Gasteiger partial charge in [0.05, 0.1) is 24.7 Å². The van der Waals surface area contributed by atoms with Crippen molar-refractivity contribution in [3.05, 3.63) is 76.8 Å². The molecule has 1 amide bonds. The topological polar surface area (TPSA) is 91.0 Å². The fourth-order valence-corrected chi connectivity index (χ4v) is 3.40. The Bertz CT molecular complexity index is 1270. The highest BCUT2D eigenvalue weighted by atomic mass is 16.5. The average Bonchev–Trinajstić information content (AvgIpc) is 3.22. The number of methoxy groups -OCH3 is 1. The molecule has 1 N–H and O–H groups in total. The molecule has 8 nitrogen and oxygen atoms in total. The normalized spacial score (nSPS) is 11.1. The van der Waals surface area contributed by atoms with E-state index >= 15 is 0 Å². The third kappa shape index (κ3) is 4.05. The number of amides is 1. The number of para-hydroxylation sites is 1. The van der Waals surface area contributed by atoms with Crippen molar-refractivity contribution in [3.8, 4) is 11.4 Å². The Morgan fingerprint density at radius 1 is 1.10 bits per heavy atom. The maximum Gasteiger partial charge on any atom is 0.293 e. The second kappa shape index (κ2) is 8.43. The Balaban J connectivity index is 1.72. The van der Waals surface area contributed by atoms with Gasteiger partial charge in [-0.05, 0) is 42.3 Å². The van der Waals surface area contributed by atoms with Crippen LogP contribution in [0.3, 0.4) is 0 Å². The standard InChI is InChI=1S/C23H23N5O3/c1-15(2)21-19-13-24-28(17-7-5-4-6-8-17)22(19)23(30)27(26-21)14-20(29)25-16-9-11-18(31-3)12-10-16/h4-13,15H,14H2,1-3H3,(H,25,29). The summed E-state index contributed by atoms with van der Waals surface area (Å²) in [7, 11) is 1.58. The number of hydrogen-bond donors (Lipinski definition) is 1. The molecule has 0 bridgehead atoms. The van der Waals surface area contributed by atoms with Crippen molar-refractivity contribution in [3.63, 3.8) is 0 Å². The van der Waals surface area contributed by atoms with Crippen LogP contribution in [0.1, 0.15) is 25.5 Å². The summed E-state index contributed by atoms with van der Waals surface area (Å²) >= 11 is 0. The van der Waals surface area contributed by atoms with Gasteiger partial charge < -0.3 is 10.1 Å². The third-order valence-corrected chi connectivity index (χ3v) is 4.93. The van der Waals surface area contributed by atoms with Crippen LogP contribution in [-0.4, -0.2) is 32.6 Å². The van der Waals surface area contributed by atoms with E-state index in [4.69, 9.17) is 4.74 Å². The fraction of sp³-hybridized carbons (Fsp3) is 0.217. The number of hydrogen-bond acceptors (Lipinski definition) is 5. The smallest absolute Gasteiger partial charge is 0.293 e. The number of anilines is 1. The zero-order valence-corrected chi connectivity index (χ0v) is 17.6. The highest BCUT2D eigenvalue weighted by molar-refractivity contribution is 5.91. The van der Waals surface area contributed by atoms with Crippen molar-refractivity contribution in [1.82, 2.24) is 19.6 Å². The molecule has 0 atom stereocenters. The molecule has 2 aromatic carbocycles. The number of carbonyl (C=O) groups is 1. The Hall–Kier alpha value is -3.94. The number of nitrogens with one attached hydrogen (secondary N) is 1. The van der Waals surface area contributed by atoms with Crippen LogP contribution >= 0.6 is 0 Å². The van der Waals surface area contributed by atoms with E-state index < -0.39 is 0 Å². The molecule has 0 aliphatic carbocycles. The van der Waals surface area contributed by atoms with Gasteiger partial charge in [-0.1, -0.05) is 32.0 Å². The third-order valence-electron chi connectivity index (χ3n) is 4.93. The molecule has 0 fully saturated rings. The lowest BCUT2D eigenvalue weighted by molar-refractivity contribution is -0.117. The lowest BCUT2D eigenvalue weighted by atomic mass is 10.1. The molecule has 31 heavy (non-hydrogen) atoms. The number of ether oxygens (including phenoxy) is 1. The van der Waals surface area contributed by atoms with E-state index in [-0.39, 0.29) is 23.9 Å². The molecule has 4 rings (SSSR count). The first kappa shape index (κ1) is 20.3. The SMILES string of the molecule is COc1ccc(NC(=O)Cn2nc(C(C)C)c3cnn(-c4ccccc4)c3c2=O)cc1. The van der Waals surface area contributed by atoms with Gasteiger partial charge in [0.15, 0.2) is 0 Å². The van der Waals surface area contributed by atoms with E-state index in [9.17, 15) is 9.59 Å². The Morgan fingerprint density at radius 3 is 2.45 bits per heavy atom. The van der Waals surface area contributed by atoms with E-state index in [0.29, 0.717) is 28.0 Å². The summed E-state index contributed by atoms with van der Waals surface area (Å²) in [6.45, 7) is 3.78. The number of benzene rings is 2. The molecule has 2 heterocycles. The average molecular weight is 417 g/mol. The molecular weight excluding hydrogens is 394 g/mol. The van der Waals surface area contributed by atoms with Crippen LogP contribution < -0.4 is 15.6 Å². The lowest BCUT2D eigenvalue weighted by Crippen LogP contribution is -2.31. The molecule has 0 aliphatic heterocycles. The Morgan fingerprint density at radius 2 is 1.81 bits per heavy atom. The van der Waals surface area contributed by atoms with Crippen molar-refractivity contribution in [1.29, 1.82) is 0 Å². The summed E-state index contributed by atoms with van der Waals surface area (Å²) in [6.07, 6.45) is 1.66. The first-order valence-electron chi connectivity index (χ1n) is 9.96. The molecule has 0 saturated heterocycles. The highest BCUT2D eigenvalue weighted by Crippen LogP contribution is 2.23. The van der Waals surface area contributed by atoms with Gasteiger partial charge in [0.1, 0.15) is 17.8 Å². The zero-order valence-electron chi connectivity index (χ0n) is 17.6. The Labute approximate surface area is 179 Å². The molecule has 0 saturated carbocycles. The predicted molar refractivity (Wildman–Crippen MR) is 119 cm³/mol. The van der Waals surface area contributed by atoms with Crippen molar-refractivity contribution < 1.29 is 9.53 Å². The molecule has 0 spiro atoms. The van der Waals surface area contributed by atoms with E-state index in [1.165, 1.54) is 4.68 Å². The molecule has 0 unspecified atom stereocenters. The monoisotopic (exact) mass is 417 g/mol. The van der Waals surface area contributed by atoms with Crippen LogP contribution in [0.4, 0.5) is 5.69 Å². The lowest BCUT2D eigenvalue weighted by Gasteiger charge is -2.12. The second-order valence-corrected chi connectivity index (χ2v) is 7.43. The molecule has 0 aliphatic rings. The second-order valence-electron chi connectivity index (χ2n) is 7.43. The van der Waals surface area contributed by atoms with Crippen molar-refractivity contribution in [2.75, 3.05) is 12.4 Å². The summed E-state index contributed by atoms with van der Waals surface area (Å²) in [5, 5.41) is 12.4. The molecule has 8 heteroatoms. The molecule has 2 aromatic heterocycles. The van der Waals surface area contributed by atoms with Gasteiger partial charge in [0.2, 0.25) is 5.91 Å². The van der Waals surface area contributed by atoms with E-state index in [2.05, 4.69) is 15.5 Å². The van der Waals surface area contributed by atoms with Crippen molar-refractivity contribution in [2.24, 2.45) is 0 Å². The number of aromatic nitrogens is 4. The fourth-order valence-electron chi connectivity index (χ4n) is 3.40. The maximum atomic E-state index is 13.3. The minimum Gasteiger partial charge on any atom is -0.497 e. The van der Waals surface area contributed by atoms with Crippen molar-refractivity contribution in [2.45, 2.75) is 26.3 Å². The zero-order chi connectivity index (χ0) is 22.0. The van der Waals surface area contributed by atoms with E-state index in [1.807, 2.05) is 44.2 Å². The summed E-state index contributed by atoms with van der Waals surface area (Å²) in [5.74, 6) is 0.393. The first-order valence-corrected chi connectivity index (χ1v) is 9.96. The van der Waals surface area contributed by atoms with Gasteiger partial charge in [-0.15, -0.1) is 0 Å². The minimum absolute atomic E-state index is 0.0485. The van der Waals surface area contributed by atoms with Crippen molar-refractivity contribution >= 4 is 22.5 Å². The largest absolute Gasteiger partial charge is 0.497 e. The molecular formula is C23H23N5O3. The minimum atomic E-state index is -0.370. The first-order chi connectivity index (χ1) is 15.0. The van der Waals surface area contributed by atoms with Crippen LogP contribution in [0.25, 0.3) is 16.6 Å². The molecule has 0 radical (unpaired) electrons. The molecule has 158 valence electrons. The van der Waals surface area contributed by atoms with Crippen LogP contribution in [0.2, 0.25) is 0 Å². The Kier molecular flexibility index (Phi) is 5.53. The van der Waals surface area contributed by atoms with Gasteiger partial charge in [0.25, 0.3) is 5.56 Å². The summed E-state index contributed by atoms with van der Waals surface area (Å²) in [4.78, 5) is 25.9. The van der Waals surface area contributed by atoms with Crippen LogP contribution in [0, 0.1) is 0 Å². The predicted octanol–water partition coefficient (Wildman–Crippen LogP) is 3.35. The van der Waals surface area contributed by atoms with E-state index in [1.54, 1.807) is 42.3 Å². The van der Waals surface area contributed by atoms with E-state index in [0.717, 1.165) is 5.69 Å².